The van der Waals surface area contributed by atoms with Crippen molar-refractivity contribution < 1.29 is 23.9 Å². The molecule has 1 heterocycles. The molecule has 122 valence electrons. The first-order valence-electron chi connectivity index (χ1n) is 7.52. The molecule has 3 rings (SSSR count). The number of hydrogen-bond acceptors (Lipinski definition) is 4. The Morgan fingerprint density at radius 1 is 1.00 bits per heavy atom. The van der Waals surface area contributed by atoms with Crippen molar-refractivity contribution in [1.29, 1.82) is 0 Å². The van der Waals surface area contributed by atoms with Gasteiger partial charge in [-0.25, -0.2) is 4.79 Å². The Hall–Kier alpha value is -2.95. The normalized spacial score (nSPS) is 15.6. The largest absolute Gasteiger partial charge is 0.475 e. The predicted octanol–water partition coefficient (Wildman–Crippen LogP) is 3.48. The first-order valence-corrected chi connectivity index (χ1v) is 7.52. The molecule has 24 heavy (non-hydrogen) atoms. The van der Waals surface area contributed by atoms with Crippen LogP contribution in [0.3, 0.4) is 0 Å². The van der Waals surface area contributed by atoms with E-state index in [0.29, 0.717) is 39.7 Å². The molecule has 0 saturated carbocycles. The summed E-state index contributed by atoms with van der Waals surface area (Å²) in [5.74, 6) is -1.46. The Morgan fingerprint density at radius 2 is 1.67 bits per heavy atom. The van der Waals surface area contributed by atoms with E-state index in [1.807, 2.05) is 0 Å². The zero-order valence-corrected chi connectivity index (χ0v) is 13.6. The van der Waals surface area contributed by atoms with Crippen LogP contribution < -0.4 is 0 Å². The van der Waals surface area contributed by atoms with Crippen molar-refractivity contribution in [1.82, 2.24) is 0 Å². The van der Waals surface area contributed by atoms with Crippen molar-refractivity contribution in [2.24, 2.45) is 0 Å². The average molecular weight is 324 g/mol. The summed E-state index contributed by atoms with van der Waals surface area (Å²) in [4.78, 5) is 35.7. The van der Waals surface area contributed by atoms with Crippen molar-refractivity contribution in [3.8, 4) is 0 Å². The molecule has 0 aliphatic heterocycles. The molecule has 0 fully saturated rings. The minimum Gasteiger partial charge on any atom is -0.475 e. The van der Waals surface area contributed by atoms with E-state index in [1.54, 1.807) is 39.0 Å². The Bertz CT molecular complexity index is 969. The van der Waals surface area contributed by atoms with Crippen LogP contribution in [0.2, 0.25) is 0 Å². The number of ketones is 2. The van der Waals surface area contributed by atoms with Gasteiger partial charge in [0.2, 0.25) is 5.76 Å². The van der Waals surface area contributed by atoms with Gasteiger partial charge in [-0.3, -0.25) is 9.59 Å². The van der Waals surface area contributed by atoms with Crippen molar-refractivity contribution >= 4 is 28.5 Å². The number of rotatable bonds is 3. The van der Waals surface area contributed by atoms with Crippen molar-refractivity contribution in [3.63, 3.8) is 0 Å². The molecule has 1 aromatic heterocycles. The third-order valence-corrected chi connectivity index (χ3v) is 4.48. The second kappa shape index (κ2) is 5.60. The number of aromatic carboxylic acids is 1. The fraction of sp³-hybridized carbons (Fsp3) is 0.211. The van der Waals surface area contributed by atoms with Crippen LogP contribution in [0.1, 0.15) is 36.9 Å². The van der Waals surface area contributed by atoms with Gasteiger partial charge in [0.25, 0.3) is 0 Å². The van der Waals surface area contributed by atoms with E-state index in [-0.39, 0.29) is 17.3 Å². The van der Waals surface area contributed by atoms with E-state index in [9.17, 15) is 14.4 Å². The molecule has 0 amide bonds. The topological polar surface area (TPSA) is 84.6 Å². The summed E-state index contributed by atoms with van der Waals surface area (Å²) in [6.45, 7) is 5.01. The molecular formula is C19H16O5. The zero-order valence-electron chi connectivity index (χ0n) is 13.6. The van der Waals surface area contributed by atoms with Crippen LogP contribution in [-0.2, 0) is 16.0 Å². The number of carboxylic acids is 1. The van der Waals surface area contributed by atoms with Crippen LogP contribution >= 0.6 is 0 Å². The minimum atomic E-state index is -1.13. The van der Waals surface area contributed by atoms with Gasteiger partial charge in [0.1, 0.15) is 5.58 Å². The fourth-order valence-electron chi connectivity index (χ4n) is 2.88. The van der Waals surface area contributed by atoms with Gasteiger partial charge in [-0.05, 0) is 44.5 Å². The van der Waals surface area contributed by atoms with E-state index in [4.69, 9.17) is 9.52 Å². The number of hydrogen-bond donors (Lipinski definition) is 1. The standard InChI is InChI=1S/C19H16O5/c1-9-10(2)18(21)14(11(3)17(9)20)7-12-4-5-15-13(6-12)8-16(24-15)19(22)23/h4-6,8H,7H2,1-3H3,(H,22,23). The molecule has 0 unspecified atom stereocenters. The van der Waals surface area contributed by atoms with Gasteiger partial charge < -0.3 is 9.52 Å². The van der Waals surface area contributed by atoms with Gasteiger partial charge in [0, 0.05) is 34.1 Å². The van der Waals surface area contributed by atoms with Gasteiger partial charge in [0.15, 0.2) is 11.6 Å². The lowest BCUT2D eigenvalue weighted by atomic mass is 9.83. The highest BCUT2D eigenvalue weighted by Crippen LogP contribution is 2.28. The monoisotopic (exact) mass is 324 g/mol. The molecule has 1 aliphatic carbocycles. The predicted molar refractivity (Wildman–Crippen MR) is 88.0 cm³/mol. The Kier molecular flexibility index (Phi) is 3.72. The maximum atomic E-state index is 12.5. The smallest absolute Gasteiger partial charge is 0.371 e. The van der Waals surface area contributed by atoms with Gasteiger partial charge in [-0.2, -0.15) is 0 Å². The molecule has 0 spiro atoms. The van der Waals surface area contributed by atoms with Crippen LogP contribution in [0.5, 0.6) is 0 Å². The van der Waals surface area contributed by atoms with Crippen LogP contribution in [0.4, 0.5) is 0 Å². The molecule has 5 heteroatoms. The van der Waals surface area contributed by atoms with Crippen LogP contribution in [0.25, 0.3) is 11.0 Å². The van der Waals surface area contributed by atoms with Gasteiger partial charge in [0.05, 0.1) is 0 Å². The first kappa shape index (κ1) is 15.9. The van der Waals surface area contributed by atoms with Crippen molar-refractivity contribution in [3.05, 3.63) is 57.9 Å². The maximum Gasteiger partial charge on any atom is 0.371 e. The summed E-state index contributed by atoms with van der Waals surface area (Å²) in [7, 11) is 0. The summed E-state index contributed by atoms with van der Waals surface area (Å²) >= 11 is 0. The molecular weight excluding hydrogens is 308 g/mol. The van der Waals surface area contributed by atoms with E-state index < -0.39 is 5.97 Å². The molecule has 1 N–H and O–H groups in total. The highest BCUT2D eigenvalue weighted by Gasteiger charge is 2.27. The van der Waals surface area contributed by atoms with Gasteiger partial charge >= 0.3 is 5.97 Å². The second-order valence-electron chi connectivity index (χ2n) is 5.98. The Labute approximate surface area is 138 Å². The summed E-state index contributed by atoms with van der Waals surface area (Å²) in [5.41, 5.74) is 3.24. The lowest BCUT2D eigenvalue weighted by molar-refractivity contribution is -0.116. The molecule has 5 nitrogen and oxygen atoms in total. The average Bonchev–Trinajstić information content (AvgIpc) is 2.99. The number of allylic oxidation sites excluding steroid dienone is 4. The second-order valence-corrected chi connectivity index (χ2v) is 5.98. The Balaban J connectivity index is 1.99. The molecule has 1 aliphatic rings. The van der Waals surface area contributed by atoms with Crippen molar-refractivity contribution in [2.45, 2.75) is 27.2 Å². The summed E-state index contributed by atoms with van der Waals surface area (Å²) in [6.07, 6.45) is 0.324. The molecule has 2 aromatic rings. The third-order valence-electron chi connectivity index (χ3n) is 4.48. The maximum absolute atomic E-state index is 12.5. The quantitative estimate of drug-likeness (QED) is 0.874. The van der Waals surface area contributed by atoms with Crippen LogP contribution in [0, 0.1) is 0 Å². The molecule has 1 aromatic carbocycles. The van der Waals surface area contributed by atoms with Crippen LogP contribution in [-0.4, -0.2) is 22.6 Å². The summed E-state index contributed by atoms with van der Waals surface area (Å²) in [6, 6.07) is 6.68. The van der Waals surface area contributed by atoms with E-state index in [2.05, 4.69) is 0 Å². The van der Waals surface area contributed by atoms with Crippen LogP contribution in [0.15, 0.2) is 51.0 Å². The Morgan fingerprint density at radius 3 is 2.33 bits per heavy atom. The zero-order chi connectivity index (χ0) is 17.6. The van der Waals surface area contributed by atoms with E-state index >= 15 is 0 Å². The first-order chi connectivity index (χ1) is 11.3. The molecule has 0 atom stereocenters. The van der Waals surface area contributed by atoms with Crippen molar-refractivity contribution in [2.75, 3.05) is 0 Å². The lowest BCUT2D eigenvalue weighted by Crippen LogP contribution is -2.21. The lowest BCUT2D eigenvalue weighted by Gasteiger charge is -2.18. The number of carboxylic acid groups (broad SMARTS) is 1. The van der Waals surface area contributed by atoms with Gasteiger partial charge in [-0.15, -0.1) is 0 Å². The fourth-order valence-corrected chi connectivity index (χ4v) is 2.88. The van der Waals surface area contributed by atoms with E-state index in [0.717, 1.165) is 5.56 Å². The third kappa shape index (κ3) is 2.48. The highest BCUT2D eigenvalue weighted by molar-refractivity contribution is 6.24. The van der Waals surface area contributed by atoms with Gasteiger partial charge in [-0.1, -0.05) is 6.07 Å². The minimum absolute atomic E-state index is 0.0975. The summed E-state index contributed by atoms with van der Waals surface area (Å²) in [5, 5.41) is 9.63. The number of furan rings is 1. The SMILES string of the molecule is CC1=C(C)C(=O)C(Cc2ccc3oc(C(=O)O)cc3c2)=C(C)C1=O. The molecule has 0 saturated heterocycles. The summed E-state index contributed by atoms with van der Waals surface area (Å²) < 4.78 is 5.22. The molecule has 0 bridgehead atoms. The number of fused-ring (bicyclic) bond motifs is 1. The number of benzene rings is 1. The number of Topliss-reactive ketones (excluding diaryl/α,β-unsaturated/α-hetero) is 2. The molecule has 0 radical (unpaired) electrons. The number of carbonyl (C=O) groups is 3. The number of carbonyl (C=O) groups excluding carboxylic acids is 2. The van der Waals surface area contributed by atoms with E-state index in [1.165, 1.54) is 6.07 Å². The highest BCUT2D eigenvalue weighted by atomic mass is 16.4.